The molecule has 7 atom stereocenters. The Morgan fingerprint density at radius 1 is 0.311 bits per heavy atom. The number of hydrogen-bond donors (Lipinski definition) is 3. The van der Waals surface area contributed by atoms with Crippen molar-refractivity contribution in [1.82, 2.24) is 0 Å². The molecule has 0 spiro atoms. The number of aliphatic hydroxyl groups excluding tert-OH is 1. The first-order valence-corrected chi connectivity index (χ1v) is 39.8. The number of carbonyl (C=O) groups excluding carboxylic acids is 4. The molecule has 0 radical (unpaired) electrons. The highest BCUT2D eigenvalue weighted by molar-refractivity contribution is 7.47. The van der Waals surface area contributed by atoms with Crippen molar-refractivity contribution in [3.63, 3.8) is 0 Å². The summed E-state index contributed by atoms with van der Waals surface area (Å²) in [4.78, 5) is 72.5. The molecule has 0 aromatic heterocycles. The molecule has 0 fully saturated rings. The van der Waals surface area contributed by atoms with Crippen LogP contribution in [0.15, 0.2) is 0 Å². The van der Waals surface area contributed by atoms with Crippen LogP contribution in [0.3, 0.4) is 0 Å². The van der Waals surface area contributed by atoms with Crippen LogP contribution in [0.25, 0.3) is 0 Å². The number of carbonyl (C=O) groups is 4. The summed E-state index contributed by atoms with van der Waals surface area (Å²) < 4.78 is 68.2. The van der Waals surface area contributed by atoms with Gasteiger partial charge < -0.3 is 33.8 Å². The molecule has 0 aliphatic carbocycles. The van der Waals surface area contributed by atoms with Crippen molar-refractivity contribution in [3.05, 3.63) is 0 Å². The van der Waals surface area contributed by atoms with Crippen molar-refractivity contribution in [1.29, 1.82) is 0 Å². The molecule has 0 bridgehead atoms. The molecule has 0 saturated carbocycles. The molecular formula is C71H138O17P2. The smallest absolute Gasteiger partial charge is 0.462 e. The zero-order chi connectivity index (χ0) is 66.8. The third-order valence-electron chi connectivity index (χ3n) is 17.0. The summed E-state index contributed by atoms with van der Waals surface area (Å²) in [5, 5.41) is 10.6. The van der Waals surface area contributed by atoms with Gasteiger partial charge in [0.25, 0.3) is 0 Å². The quantitative estimate of drug-likeness (QED) is 0.0222. The number of hydrogen-bond acceptors (Lipinski definition) is 15. The molecule has 0 aromatic rings. The van der Waals surface area contributed by atoms with Gasteiger partial charge in [-0.1, -0.05) is 299 Å². The lowest BCUT2D eigenvalue weighted by Crippen LogP contribution is -2.30. The van der Waals surface area contributed by atoms with Crippen LogP contribution in [0.5, 0.6) is 0 Å². The lowest BCUT2D eigenvalue weighted by molar-refractivity contribution is -0.161. The van der Waals surface area contributed by atoms with Gasteiger partial charge >= 0.3 is 39.5 Å². The third kappa shape index (κ3) is 62.2. The first-order chi connectivity index (χ1) is 43.2. The van der Waals surface area contributed by atoms with Gasteiger partial charge in [-0.25, -0.2) is 9.13 Å². The second kappa shape index (κ2) is 60.7. The van der Waals surface area contributed by atoms with E-state index in [2.05, 4.69) is 55.4 Å². The minimum absolute atomic E-state index is 0.101. The summed E-state index contributed by atoms with van der Waals surface area (Å²) >= 11 is 0. The second-order valence-corrected chi connectivity index (χ2v) is 30.0. The highest BCUT2D eigenvalue weighted by Gasteiger charge is 2.30. The van der Waals surface area contributed by atoms with Gasteiger partial charge in [0, 0.05) is 25.7 Å². The average Bonchev–Trinajstić information content (AvgIpc) is 3.67. The van der Waals surface area contributed by atoms with E-state index < -0.39 is 97.5 Å². The van der Waals surface area contributed by atoms with E-state index in [-0.39, 0.29) is 25.7 Å². The SMILES string of the molecule is CCC(C)CCCCCCCCCCCCCCCCC(=O)OC[C@H](COP(=O)(O)OC[C@@H](O)COP(=O)(O)OC[C@@H](COC(=O)CCCCCCCCC(C)CC)OC(=O)CCCCCCCCC(C)C)OC(=O)CCCCCCCCCCCCC(C)C. The first kappa shape index (κ1) is 88.1. The van der Waals surface area contributed by atoms with Crippen molar-refractivity contribution in [2.45, 2.75) is 369 Å². The van der Waals surface area contributed by atoms with E-state index in [1.54, 1.807) is 0 Å². The number of esters is 4. The molecule has 19 heteroatoms. The van der Waals surface area contributed by atoms with Gasteiger partial charge in [-0.2, -0.15) is 0 Å². The van der Waals surface area contributed by atoms with Gasteiger partial charge in [0.1, 0.15) is 19.3 Å². The minimum atomic E-state index is -4.95. The molecule has 0 aromatic carbocycles. The number of phosphoric acid groups is 2. The number of phosphoric ester groups is 2. The van der Waals surface area contributed by atoms with E-state index >= 15 is 0 Å². The standard InChI is InChI=1S/C71H138O17P2/c1-9-63(7)49-41-33-24-20-15-13-11-12-14-16-21-25-35-43-51-68(73)81-57-66(87-70(75)53-45-37-26-22-18-17-19-23-31-39-47-61(3)4)59-85-89(77,78)83-55-65(72)56-84-90(79,80)86-60-67(88-71(76)54-46-38-29-27-32-40-48-62(5)6)58-82-69(74)52-44-36-30-28-34-42-50-64(8)10-2/h61-67,72H,9-60H2,1-8H3,(H,77,78)(H,79,80)/t63?,64?,65-,66-,67-/m1/s1. The van der Waals surface area contributed by atoms with Gasteiger partial charge in [-0.05, 0) is 49.4 Å². The molecule has 90 heavy (non-hydrogen) atoms. The summed E-state index contributed by atoms with van der Waals surface area (Å²) in [6.45, 7) is 14.1. The van der Waals surface area contributed by atoms with E-state index in [1.165, 1.54) is 148 Å². The Morgan fingerprint density at radius 2 is 0.533 bits per heavy atom. The maximum absolute atomic E-state index is 13.0. The molecule has 0 aliphatic rings. The summed E-state index contributed by atoms with van der Waals surface area (Å²) in [7, 11) is -9.90. The zero-order valence-corrected chi connectivity index (χ0v) is 60.6. The largest absolute Gasteiger partial charge is 0.472 e. The Morgan fingerprint density at radius 3 is 0.789 bits per heavy atom. The molecule has 0 rings (SSSR count). The third-order valence-corrected chi connectivity index (χ3v) is 18.9. The van der Waals surface area contributed by atoms with Crippen molar-refractivity contribution >= 4 is 39.5 Å². The maximum atomic E-state index is 13.0. The van der Waals surface area contributed by atoms with Crippen molar-refractivity contribution in [2.75, 3.05) is 39.6 Å². The fourth-order valence-corrected chi connectivity index (χ4v) is 12.2. The number of aliphatic hydroxyl groups is 1. The summed E-state index contributed by atoms with van der Waals surface area (Å²) in [5.74, 6) is 0.869. The van der Waals surface area contributed by atoms with Crippen LogP contribution in [0, 0.1) is 23.7 Å². The van der Waals surface area contributed by atoms with Crippen LogP contribution < -0.4 is 0 Å². The van der Waals surface area contributed by atoms with Gasteiger partial charge in [0.05, 0.1) is 26.4 Å². The van der Waals surface area contributed by atoms with E-state index in [0.717, 1.165) is 114 Å². The predicted octanol–water partition coefficient (Wildman–Crippen LogP) is 20.1. The summed E-state index contributed by atoms with van der Waals surface area (Å²) in [6, 6.07) is 0. The van der Waals surface area contributed by atoms with Crippen LogP contribution in [0.1, 0.15) is 351 Å². The summed E-state index contributed by atoms with van der Waals surface area (Å²) in [5.41, 5.74) is 0. The highest BCUT2D eigenvalue weighted by Crippen LogP contribution is 2.45. The lowest BCUT2D eigenvalue weighted by atomic mass is 9.99. The highest BCUT2D eigenvalue weighted by atomic mass is 31.2. The Labute approximate surface area is 549 Å². The lowest BCUT2D eigenvalue weighted by Gasteiger charge is -2.21. The Hall–Kier alpha value is -1.94. The van der Waals surface area contributed by atoms with Crippen LogP contribution >= 0.6 is 15.6 Å². The second-order valence-electron chi connectivity index (χ2n) is 27.1. The van der Waals surface area contributed by atoms with Gasteiger partial charge in [0.2, 0.25) is 0 Å². The Bertz CT molecular complexity index is 1790. The maximum Gasteiger partial charge on any atom is 0.472 e. The van der Waals surface area contributed by atoms with Crippen molar-refractivity contribution in [2.24, 2.45) is 23.7 Å². The van der Waals surface area contributed by atoms with Gasteiger partial charge in [-0.3, -0.25) is 37.3 Å². The minimum Gasteiger partial charge on any atom is -0.462 e. The van der Waals surface area contributed by atoms with Crippen LogP contribution in [0.2, 0.25) is 0 Å². The zero-order valence-electron chi connectivity index (χ0n) is 58.8. The monoisotopic (exact) mass is 1320 g/mol. The number of ether oxygens (including phenoxy) is 4. The van der Waals surface area contributed by atoms with Gasteiger partial charge in [0.15, 0.2) is 12.2 Å². The normalized spacial score (nSPS) is 14.9. The number of rotatable bonds is 68. The first-order valence-electron chi connectivity index (χ1n) is 36.8. The molecule has 3 N–H and O–H groups in total. The van der Waals surface area contributed by atoms with E-state index in [1.807, 2.05) is 0 Å². The molecule has 17 nitrogen and oxygen atoms in total. The van der Waals surface area contributed by atoms with E-state index in [9.17, 15) is 43.2 Å². The Kier molecular flexibility index (Phi) is 59.4. The average molecular weight is 1330 g/mol. The summed E-state index contributed by atoms with van der Waals surface area (Å²) in [6.07, 6.45) is 43.3. The molecule has 0 amide bonds. The molecule has 534 valence electrons. The fourth-order valence-electron chi connectivity index (χ4n) is 10.6. The molecule has 0 saturated heterocycles. The molecule has 0 heterocycles. The molecule has 4 unspecified atom stereocenters. The van der Waals surface area contributed by atoms with Crippen molar-refractivity contribution in [3.8, 4) is 0 Å². The van der Waals surface area contributed by atoms with Crippen LogP contribution in [-0.4, -0.2) is 96.7 Å². The predicted molar refractivity (Wildman–Crippen MR) is 363 cm³/mol. The van der Waals surface area contributed by atoms with Crippen LogP contribution in [0.4, 0.5) is 0 Å². The topological polar surface area (TPSA) is 237 Å². The van der Waals surface area contributed by atoms with E-state index in [4.69, 9.17) is 37.0 Å². The fraction of sp³-hybridized carbons (Fsp3) is 0.944. The number of unbranched alkanes of at least 4 members (excludes halogenated alkanes) is 32. The van der Waals surface area contributed by atoms with E-state index in [0.29, 0.717) is 31.6 Å². The van der Waals surface area contributed by atoms with Gasteiger partial charge in [-0.15, -0.1) is 0 Å². The van der Waals surface area contributed by atoms with Crippen molar-refractivity contribution < 1.29 is 80.2 Å². The Balaban J connectivity index is 5.21. The molecule has 0 aliphatic heterocycles. The van der Waals surface area contributed by atoms with Crippen LogP contribution in [-0.2, 0) is 65.4 Å². The molecular weight excluding hydrogens is 1190 g/mol.